The van der Waals surface area contributed by atoms with Crippen LogP contribution in [0.2, 0.25) is 0 Å². The van der Waals surface area contributed by atoms with Gasteiger partial charge in [-0.2, -0.15) is 4.31 Å². The van der Waals surface area contributed by atoms with Crippen LogP contribution in [0.3, 0.4) is 0 Å². The Hall–Kier alpha value is -1.45. The molecule has 1 aromatic rings. The fourth-order valence-corrected chi connectivity index (χ4v) is 5.76. The van der Waals surface area contributed by atoms with Crippen LogP contribution in [0.4, 0.5) is 0 Å². The summed E-state index contributed by atoms with van der Waals surface area (Å²) in [5, 5.41) is 0. The van der Waals surface area contributed by atoms with Gasteiger partial charge in [0.05, 0.1) is 23.3 Å². The number of rotatable bonds is 5. The van der Waals surface area contributed by atoms with Crippen molar-refractivity contribution in [2.45, 2.75) is 37.5 Å². The Morgan fingerprint density at radius 2 is 1.72 bits per heavy atom. The molecule has 9 heteroatoms. The van der Waals surface area contributed by atoms with Crippen LogP contribution < -0.4 is 0 Å². The average molecular weight is 487 g/mol. The molecule has 2 heterocycles. The highest BCUT2D eigenvalue weighted by molar-refractivity contribution is 9.10. The number of esters is 1. The summed E-state index contributed by atoms with van der Waals surface area (Å²) in [7, 11) is -3.62. The summed E-state index contributed by atoms with van der Waals surface area (Å²) in [6.07, 6.45) is 2.53. The molecule has 2 aliphatic rings. The van der Waals surface area contributed by atoms with Gasteiger partial charge in [-0.3, -0.25) is 9.59 Å². The Balaban J connectivity index is 1.61. The molecule has 2 fully saturated rings. The highest BCUT2D eigenvalue weighted by Gasteiger charge is 2.36. The van der Waals surface area contributed by atoms with E-state index in [1.807, 2.05) is 0 Å². The standard InChI is InChI=1S/C20H27BrN2O5S/c1-2-28-20(25)15-9-12-22(13-10-15)19(24)16-4-3-11-23(14-16)29(26,27)18-7-5-17(21)6-8-18/h5-8,15-16H,2-4,9-14H2,1H3/t16-/m1/s1. The number of halogens is 1. The second-order valence-electron chi connectivity index (χ2n) is 7.51. The van der Waals surface area contributed by atoms with Gasteiger partial charge in [-0.05, 0) is 56.9 Å². The van der Waals surface area contributed by atoms with Crippen molar-refractivity contribution >= 4 is 37.8 Å². The van der Waals surface area contributed by atoms with Crippen LogP contribution in [0, 0.1) is 11.8 Å². The fraction of sp³-hybridized carbons (Fsp3) is 0.600. The molecule has 2 saturated heterocycles. The maximum absolute atomic E-state index is 13.0. The van der Waals surface area contributed by atoms with Crippen LogP contribution in [0.5, 0.6) is 0 Å². The summed E-state index contributed by atoms with van der Waals surface area (Å²) in [6.45, 7) is 3.80. The molecule has 1 atom stereocenters. The van der Waals surface area contributed by atoms with E-state index in [9.17, 15) is 18.0 Å². The normalized spacial score (nSPS) is 21.7. The molecule has 0 radical (unpaired) electrons. The summed E-state index contributed by atoms with van der Waals surface area (Å²) >= 11 is 3.32. The van der Waals surface area contributed by atoms with Crippen molar-refractivity contribution in [3.63, 3.8) is 0 Å². The van der Waals surface area contributed by atoms with Gasteiger partial charge in [0.15, 0.2) is 0 Å². The number of piperidine rings is 2. The van der Waals surface area contributed by atoms with Crippen LogP contribution in [0.25, 0.3) is 0 Å². The fourth-order valence-electron chi connectivity index (χ4n) is 3.97. The molecule has 1 amide bonds. The molecule has 7 nitrogen and oxygen atoms in total. The Bertz CT molecular complexity index is 835. The lowest BCUT2D eigenvalue weighted by Crippen LogP contribution is -2.49. The van der Waals surface area contributed by atoms with Gasteiger partial charge < -0.3 is 9.64 Å². The molecule has 0 N–H and O–H groups in total. The second-order valence-corrected chi connectivity index (χ2v) is 10.4. The SMILES string of the molecule is CCOC(=O)C1CCN(C(=O)[C@@H]2CCCN(S(=O)(=O)c3ccc(Br)cc3)C2)CC1. The molecule has 0 bridgehead atoms. The number of carbonyl (C=O) groups is 2. The Morgan fingerprint density at radius 1 is 1.07 bits per heavy atom. The molecule has 0 saturated carbocycles. The Kier molecular flexibility index (Phi) is 7.34. The molecular weight excluding hydrogens is 460 g/mol. The van der Waals surface area contributed by atoms with E-state index < -0.39 is 10.0 Å². The maximum Gasteiger partial charge on any atom is 0.309 e. The first-order valence-electron chi connectivity index (χ1n) is 10.0. The van der Waals surface area contributed by atoms with Gasteiger partial charge in [0.2, 0.25) is 15.9 Å². The van der Waals surface area contributed by atoms with Gasteiger partial charge in [-0.15, -0.1) is 0 Å². The van der Waals surface area contributed by atoms with Gasteiger partial charge in [-0.25, -0.2) is 8.42 Å². The average Bonchev–Trinajstić information content (AvgIpc) is 2.74. The highest BCUT2D eigenvalue weighted by atomic mass is 79.9. The van der Waals surface area contributed by atoms with E-state index in [4.69, 9.17) is 4.74 Å². The highest BCUT2D eigenvalue weighted by Crippen LogP contribution is 2.27. The summed E-state index contributed by atoms with van der Waals surface area (Å²) in [5.41, 5.74) is 0. The van der Waals surface area contributed by atoms with Crippen LogP contribution >= 0.6 is 15.9 Å². The van der Waals surface area contributed by atoms with Crippen molar-refractivity contribution in [1.29, 1.82) is 0 Å². The summed E-state index contributed by atoms with van der Waals surface area (Å²) in [4.78, 5) is 26.9. The van der Waals surface area contributed by atoms with Gasteiger partial charge >= 0.3 is 5.97 Å². The zero-order chi connectivity index (χ0) is 21.0. The van der Waals surface area contributed by atoms with E-state index in [1.165, 1.54) is 4.31 Å². The van der Waals surface area contributed by atoms with Crippen molar-refractivity contribution in [2.24, 2.45) is 11.8 Å². The van der Waals surface area contributed by atoms with Crippen molar-refractivity contribution in [2.75, 3.05) is 32.8 Å². The molecule has 0 spiro atoms. The third-order valence-electron chi connectivity index (χ3n) is 5.61. The van der Waals surface area contributed by atoms with E-state index in [0.717, 1.165) is 4.47 Å². The lowest BCUT2D eigenvalue weighted by Gasteiger charge is -2.37. The number of hydrogen-bond donors (Lipinski definition) is 0. The van der Waals surface area contributed by atoms with Crippen molar-refractivity contribution in [3.8, 4) is 0 Å². The molecule has 160 valence electrons. The van der Waals surface area contributed by atoms with Crippen LogP contribution in [0.1, 0.15) is 32.6 Å². The number of ether oxygens (including phenoxy) is 1. The van der Waals surface area contributed by atoms with Gasteiger partial charge in [-0.1, -0.05) is 15.9 Å². The second kappa shape index (κ2) is 9.57. The molecular formula is C20H27BrN2O5S. The van der Waals surface area contributed by atoms with E-state index in [-0.39, 0.29) is 35.2 Å². The first-order chi connectivity index (χ1) is 13.8. The number of nitrogens with zero attached hydrogens (tertiary/aromatic N) is 2. The molecule has 1 aromatic carbocycles. The number of amides is 1. The Morgan fingerprint density at radius 3 is 2.34 bits per heavy atom. The molecule has 29 heavy (non-hydrogen) atoms. The van der Waals surface area contributed by atoms with Gasteiger partial charge in [0, 0.05) is 30.7 Å². The van der Waals surface area contributed by atoms with Gasteiger partial charge in [0.25, 0.3) is 0 Å². The largest absolute Gasteiger partial charge is 0.466 e. The smallest absolute Gasteiger partial charge is 0.309 e. The van der Waals surface area contributed by atoms with Crippen molar-refractivity contribution in [1.82, 2.24) is 9.21 Å². The van der Waals surface area contributed by atoms with E-state index in [0.29, 0.717) is 51.9 Å². The first kappa shape index (κ1) is 22.2. The minimum Gasteiger partial charge on any atom is -0.466 e. The zero-order valence-corrected chi connectivity index (χ0v) is 19.0. The van der Waals surface area contributed by atoms with Crippen molar-refractivity contribution in [3.05, 3.63) is 28.7 Å². The van der Waals surface area contributed by atoms with E-state index >= 15 is 0 Å². The topological polar surface area (TPSA) is 84.0 Å². The minimum atomic E-state index is -3.62. The van der Waals surface area contributed by atoms with Crippen LogP contribution in [0.15, 0.2) is 33.6 Å². The number of sulfonamides is 1. The molecule has 0 aliphatic carbocycles. The number of benzene rings is 1. The predicted octanol–water partition coefficient (Wildman–Crippen LogP) is 2.65. The first-order valence-corrected chi connectivity index (χ1v) is 12.3. The predicted molar refractivity (Wildman–Crippen MR) is 112 cm³/mol. The Labute approximate surface area is 180 Å². The van der Waals surface area contributed by atoms with Crippen molar-refractivity contribution < 1.29 is 22.7 Å². The monoisotopic (exact) mass is 486 g/mol. The van der Waals surface area contributed by atoms with Gasteiger partial charge in [0.1, 0.15) is 0 Å². The lowest BCUT2D eigenvalue weighted by molar-refractivity contribution is -0.152. The van der Waals surface area contributed by atoms with Crippen LogP contribution in [-0.2, 0) is 24.3 Å². The molecule has 0 unspecified atom stereocenters. The van der Waals surface area contributed by atoms with E-state index in [1.54, 1.807) is 36.1 Å². The minimum absolute atomic E-state index is 0.0111. The molecule has 2 aliphatic heterocycles. The third kappa shape index (κ3) is 5.19. The summed E-state index contributed by atoms with van der Waals surface area (Å²) in [5.74, 6) is -0.695. The number of carbonyl (C=O) groups excluding carboxylic acids is 2. The molecule has 0 aromatic heterocycles. The van der Waals surface area contributed by atoms with Crippen LogP contribution in [-0.4, -0.2) is 62.3 Å². The maximum atomic E-state index is 13.0. The zero-order valence-electron chi connectivity index (χ0n) is 16.5. The summed E-state index contributed by atoms with van der Waals surface area (Å²) in [6, 6.07) is 6.55. The summed E-state index contributed by atoms with van der Waals surface area (Å²) < 4.78 is 33.2. The lowest BCUT2D eigenvalue weighted by atomic mass is 9.93. The number of hydrogen-bond acceptors (Lipinski definition) is 5. The van der Waals surface area contributed by atoms with E-state index in [2.05, 4.69) is 15.9 Å². The quantitative estimate of drug-likeness (QED) is 0.597. The third-order valence-corrected chi connectivity index (χ3v) is 8.02. The number of likely N-dealkylation sites (tertiary alicyclic amines) is 1. The molecule has 3 rings (SSSR count).